The van der Waals surface area contributed by atoms with Crippen molar-refractivity contribution in [3.8, 4) is 0 Å². The van der Waals surface area contributed by atoms with Crippen LogP contribution in [0, 0.1) is 6.92 Å². The van der Waals surface area contributed by atoms with E-state index in [1.807, 2.05) is 26.0 Å². The van der Waals surface area contributed by atoms with Crippen LogP contribution in [-0.4, -0.2) is 32.7 Å². The van der Waals surface area contributed by atoms with E-state index in [0.717, 1.165) is 37.5 Å². The van der Waals surface area contributed by atoms with Crippen molar-refractivity contribution in [2.45, 2.75) is 70.9 Å². The van der Waals surface area contributed by atoms with Gasteiger partial charge in [0.15, 0.2) is 0 Å². The number of carbonyl (C=O) groups is 1. The van der Waals surface area contributed by atoms with Crippen molar-refractivity contribution < 1.29 is 13.2 Å². The van der Waals surface area contributed by atoms with E-state index in [1.54, 1.807) is 12.1 Å². The molecule has 1 N–H and O–H groups in total. The van der Waals surface area contributed by atoms with Crippen LogP contribution < -0.4 is 9.62 Å². The van der Waals surface area contributed by atoms with Gasteiger partial charge < -0.3 is 5.32 Å². The van der Waals surface area contributed by atoms with Crippen molar-refractivity contribution in [1.82, 2.24) is 5.32 Å². The lowest BCUT2D eigenvalue weighted by molar-refractivity contribution is -0.123. The normalized spacial score (nSPS) is 17.6. The van der Waals surface area contributed by atoms with Crippen molar-refractivity contribution >= 4 is 21.6 Å². The zero-order valence-electron chi connectivity index (χ0n) is 15.5. The topological polar surface area (TPSA) is 66.5 Å². The highest BCUT2D eigenvalue weighted by Gasteiger charge is 2.32. The van der Waals surface area contributed by atoms with Gasteiger partial charge in [-0.15, -0.1) is 0 Å². The molecule has 1 amide bonds. The van der Waals surface area contributed by atoms with Crippen LogP contribution in [0.2, 0.25) is 0 Å². The maximum Gasteiger partial charge on any atom is 0.244 e. The van der Waals surface area contributed by atoms with E-state index in [1.165, 1.54) is 17.1 Å². The fourth-order valence-electron chi connectivity index (χ4n) is 3.47. The number of sulfonamides is 1. The van der Waals surface area contributed by atoms with Gasteiger partial charge in [-0.05, 0) is 38.3 Å². The second kappa shape index (κ2) is 8.70. The number of benzene rings is 1. The minimum atomic E-state index is -3.56. The Hall–Kier alpha value is -1.56. The Morgan fingerprint density at radius 2 is 1.72 bits per heavy atom. The molecular weight excluding hydrogens is 336 g/mol. The molecule has 1 aromatic carbocycles. The van der Waals surface area contributed by atoms with Gasteiger partial charge in [0.1, 0.15) is 6.04 Å². The van der Waals surface area contributed by atoms with Crippen LogP contribution in [0.25, 0.3) is 0 Å². The summed E-state index contributed by atoms with van der Waals surface area (Å²) in [6.45, 7) is 3.80. The van der Waals surface area contributed by atoms with Crippen LogP contribution in [0.5, 0.6) is 0 Å². The van der Waals surface area contributed by atoms with Gasteiger partial charge in [0, 0.05) is 6.04 Å². The molecule has 140 valence electrons. The summed E-state index contributed by atoms with van der Waals surface area (Å²) in [6, 6.07) is 6.69. The monoisotopic (exact) mass is 366 g/mol. The van der Waals surface area contributed by atoms with E-state index in [2.05, 4.69) is 5.32 Å². The van der Waals surface area contributed by atoms with Gasteiger partial charge in [-0.25, -0.2) is 8.42 Å². The summed E-state index contributed by atoms with van der Waals surface area (Å²) >= 11 is 0. The molecule has 6 heteroatoms. The maximum absolute atomic E-state index is 12.9. The summed E-state index contributed by atoms with van der Waals surface area (Å²) in [6.07, 6.45) is 8.21. The number of carbonyl (C=O) groups excluding carboxylic acids is 1. The Morgan fingerprint density at radius 3 is 2.20 bits per heavy atom. The van der Waals surface area contributed by atoms with Crippen molar-refractivity contribution in [3.05, 3.63) is 29.8 Å². The van der Waals surface area contributed by atoms with Crippen LogP contribution in [0.15, 0.2) is 24.3 Å². The molecule has 1 aliphatic rings. The molecule has 0 aliphatic heterocycles. The molecule has 0 bridgehead atoms. The molecule has 1 fully saturated rings. The molecule has 25 heavy (non-hydrogen) atoms. The minimum Gasteiger partial charge on any atom is -0.352 e. The van der Waals surface area contributed by atoms with Gasteiger partial charge in [-0.1, -0.05) is 50.3 Å². The lowest BCUT2D eigenvalue weighted by Gasteiger charge is -2.31. The van der Waals surface area contributed by atoms with Gasteiger partial charge in [0.05, 0.1) is 11.9 Å². The summed E-state index contributed by atoms with van der Waals surface area (Å²) in [5.74, 6) is -0.194. The molecule has 1 atom stereocenters. The largest absolute Gasteiger partial charge is 0.352 e. The predicted molar refractivity (Wildman–Crippen MR) is 102 cm³/mol. The third-order valence-electron chi connectivity index (χ3n) is 4.82. The Bertz CT molecular complexity index is 662. The third kappa shape index (κ3) is 5.46. The molecule has 2 rings (SSSR count). The van der Waals surface area contributed by atoms with Gasteiger partial charge in [0.2, 0.25) is 15.9 Å². The number of amides is 1. The van der Waals surface area contributed by atoms with Crippen LogP contribution in [0.4, 0.5) is 5.69 Å². The first-order valence-corrected chi connectivity index (χ1v) is 11.0. The first-order chi connectivity index (χ1) is 11.8. The summed E-state index contributed by atoms with van der Waals surface area (Å²) < 4.78 is 26.1. The van der Waals surface area contributed by atoms with Crippen LogP contribution in [-0.2, 0) is 14.8 Å². The third-order valence-corrected chi connectivity index (χ3v) is 6.00. The first kappa shape index (κ1) is 19.8. The molecule has 1 saturated carbocycles. The van der Waals surface area contributed by atoms with Gasteiger partial charge in [-0.2, -0.15) is 0 Å². The Labute approximate surface area is 151 Å². The van der Waals surface area contributed by atoms with E-state index in [9.17, 15) is 13.2 Å². The summed E-state index contributed by atoms with van der Waals surface area (Å²) in [4.78, 5) is 12.9. The molecular formula is C19H30N2O3S. The average Bonchev–Trinajstić information content (AvgIpc) is 2.81. The Morgan fingerprint density at radius 1 is 1.16 bits per heavy atom. The van der Waals surface area contributed by atoms with Crippen molar-refractivity contribution in [2.24, 2.45) is 0 Å². The molecule has 1 aromatic rings. The fraction of sp³-hybridized carbons (Fsp3) is 0.632. The van der Waals surface area contributed by atoms with E-state index < -0.39 is 16.1 Å². The van der Waals surface area contributed by atoms with E-state index in [0.29, 0.717) is 12.1 Å². The fourth-order valence-corrected chi connectivity index (χ4v) is 4.68. The second-order valence-electron chi connectivity index (χ2n) is 7.02. The number of nitrogens with one attached hydrogen (secondary N) is 1. The molecule has 0 heterocycles. The summed E-state index contributed by atoms with van der Waals surface area (Å²) in [5, 5.41) is 3.10. The highest BCUT2D eigenvalue weighted by molar-refractivity contribution is 7.92. The zero-order chi connectivity index (χ0) is 18.4. The zero-order valence-corrected chi connectivity index (χ0v) is 16.3. The first-order valence-electron chi connectivity index (χ1n) is 9.19. The molecule has 0 saturated heterocycles. The number of rotatable bonds is 6. The maximum atomic E-state index is 12.9. The number of nitrogens with zero attached hydrogens (tertiary/aromatic N) is 1. The Kier molecular flexibility index (Phi) is 6.87. The highest BCUT2D eigenvalue weighted by Crippen LogP contribution is 2.24. The molecule has 1 aliphatic carbocycles. The minimum absolute atomic E-state index is 0.156. The SMILES string of the molecule is CC[C@H](C(=O)NC1CCCCCC1)N(c1ccc(C)cc1)S(C)(=O)=O. The van der Waals surface area contributed by atoms with Crippen LogP contribution in [0.3, 0.4) is 0 Å². The highest BCUT2D eigenvalue weighted by atomic mass is 32.2. The average molecular weight is 367 g/mol. The van der Waals surface area contributed by atoms with Crippen LogP contribution >= 0.6 is 0 Å². The van der Waals surface area contributed by atoms with Gasteiger partial charge in [0.25, 0.3) is 0 Å². The number of hydrogen-bond donors (Lipinski definition) is 1. The molecule has 0 aromatic heterocycles. The van der Waals surface area contributed by atoms with Crippen molar-refractivity contribution in [2.75, 3.05) is 10.6 Å². The lowest BCUT2D eigenvalue weighted by atomic mass is 10.1. The number of hydrogen-bond acceptors (Lipinski definition) is 3. The van der Waals surface area contributed by atoms with Gasteiger partial charge >= 0.3 is 0 Å². The predicted octanol–water partition coefficient (Wildman–Crippen LogP) is 3.38. The molecule has 0 radical (unpaired) electrons. The Balaban J connectivity index is 2.23. The lowest BCUT2D eigenvalue weighted by Crippen LogP contribution is -2.51. The number of anilines is 1. The van der Waals surface area contributed by atoms with Crippen molar-refractivity contribution in [1.29, 1.82) is 0 Å². The van der Waals surface area contributed by atoms with Gasteiger partial charge in [-0.3, -0.25) is 9.10 Å². The second-order valence-corrected chi connectivity index (χ2v) is 8.87. The van der Waals surface area contributed by atoms with Crippen LogP contribution in [0.1, 0.15) is 57.4 Å². The van der Waals surface area contributed by atoms with E-state index in [4.69, 9.17) is 0 Å². The smallest absolute Gasteiger partial charge is 0.244 e. The summed E-state index contributed by atoms with van der Waals surface area (Å²) in [7, 11) is -3.56. The molecule has 0 spiro atoms. The molecule has 0 unspecified atom stereocenters. The summed E-state index contributed by atoms with van der Waals surface area (Å²) in [5.41, 5.74) is 1.59. The van der Waals surface area contributed by atoms with E-state index >= 15 is 0 Å². The molecule has 5 nitrogen and oxygen atoms in total. The van der Waals surface area contributed by atoms with Crippen molar-refractivity contribution in [3.63, 3.8) is 0 Å². The quantitative estimate of drug-likeness (QED) is 0.785. The standard InChI is InChI=1S/C19H30N2O3S/c1-4-18(19(22)20-16-9-7-5-6-8-10-16)21(25(3,23)24)17-13-11-15(2)12-14-17/h11-14,16,18H,4-10H2,1-3H3,(H,20,22)/t18-/m1/s1. The van der Waals surface area contributed by atoms with E-state index in [-0.39, 0.29) is 11.9 Å². The number of aryl methyl sites for hydroxylation is 1.